The zero-order valence-corrected chi connectivity index (χ0v) is 9.15. The molecule has 0 saturated carbocycles. The van der Waals surface area contributed by atoms with Crippen LogP contribution in [0.5, 0.6) is 0 Å². The van der Waals surface area contributed by atoms with Crippen molar-refractivity contribution in [2.75, 3.05) is 7.11 Å². The average Bonchev–Trinajstić information content (AvgIpc) is 2.68. The molecule has 4 nitrogen and oxygen atoms in total. The molecule has 0 unspecified atom stereocenters. The number of pyridine rings is 1. The van der Waals surface area contributed by atoms with Gasteiger partial charge in [0.05, 0.1) is 0 Å². The van der Waals surface area contributed by atoms with Crippen LogP contribution in [0.25, 0.3) is 0 Å². The fourth-order valence-corrected chi connectivity index (χ4v) is 1.87. The Balaban J connectivity index is 2.36. The smallest absolute Gasteiger partial charge is 0.193 e. The molecule has 0 atom stereocenters. The van der Waals surface area contributed by atoms with Crippen LogP contribution < -0.4 is 4.80 Å². The highest BCUT2D eigenvalue weighted by Gasteiger charge is 1.94. The summed E-state index contributed by atoms with van der Waals surface area (Å²) in [6, 6.07) is 5.66. The summed E-state index contributed by atoms with van der Waals surface area (Å²) in [6.45, 7) is 0.509. The molecule has 0 amide bonds. The standard InChI is InChI=1S/C10H11N3OS/c1-14-8-13-6-7-15-10(13)12-9-4-2-3-5-11-9/h2-7H,8H2,1H3. The Morgan fingerprint density at radius 1 is 1.53 bits per heavy atom. The summed E-state index contributed by atoms with van der Waals surface area (Å²) in [4.78, 5) is 9.44. The maximum Gasteiger partial charge on any atom is 0.193 e. The van der Waals surface area contributed by atoms with Gasteiger partial charge in [-0.25, -0.2) is 9.98 Å². The van der Waals surface area contributed by atoms with Gasteiger partial charge in [-0.05, 0) is 12.1 Å². The molecule has 0 fully saturated rings. The summed E-state index contributed by atoms with van der Waals surface area (Å²) >= 11 is 1.56. The van der Waals surface area contributed by atoms with Crippen molar-refractivity contribution in [2.24, 2.45) is 4.99 Å². The molecule has 0 radical (unpaired) electrons. The first kappa shape index (κ1) is 10.1. The van der Waals surface area contributed by atoms with Crippen LogP contribution in [0.2, 0.25) is 0 Å². The zero-order chi connectivity index (χ0) is 10.5. The van der Waals surface area contributed by atoms with Crippen LogP contribution in [-0.4, -0.2) is 16.7 Å². The molecule has 0 saturated heterocycles. The van der Waals surface area contributed by atoms with Crippen molar-refractivity contribution in [1.82, 2.24) is 9.55 Å². The number of thiazole rings is 1. The van der Waals surface area contributed by atoms with E-state index in [0.29, 0.717) is 12.5 Å². The number of hydrogen-bond acceptors (Lipinski definition) is 4. The number of hydrogen-bond donors (Lipinski definition) is 0. The van der Waals surface area contributed by atoms with Crippen molar-refractivity contribution in [3.63, 3.8) is 0 Å². The van der Waals surface area contributed by atoms with Crippen molar-refractivity contribution >= 4 is 17.2 Å². The van der Waals surface area contributed by atoms with Gasteiger partial charge >= 0.3 is 0 Å². The number of rotatable bonds is 3. The average molecular weight is 221 g/mol. The topological polar surface area (TPSA) is 39.4 Å². The van der Waals surface area contributed by atoms with E-state index in [4.69, 9.17) is 4.74 Å². The van der Waals surface area contributed by atoms with E-state index in [1.807, 2.05) is 34.3 Å². The molecule has 0 aliphatic rings. The molecule has 0 spiro atoms. The summed E-state index contributed by atoms with van der Waals surface area (Å²) in [5.74, 6) is 0.713. The molecule has 0 N–H and O–H groups in total. The first-order chi connectivity index (χ1) is 7.40. The highest BCUT2D eigenvalue weighted by molar-refractivity contribution is 7.07. The van der Waals surface area contributed by atoms with Gasteiger partial charge in [-0.3, -0.25) is 4.57 Å². The SMILES string of the molecule is COCn1ccsc1=Nc1ccccn1. The largest absolute Gasteiger partial charge is 0.364 e. The second kappa shape index (κ2) is 4.86. The van der Waals surface area contributed by atoms with E-state index in [2.05, 4.69) is 9.98 Å². The molecule has 0 aliphatic carbocycles. The number of ether oxygens (including phenoxy) is 1. The predicted molar refractivity (Wildman–Crippen MR) is 58.8 cm³/mol. The Labute approximate surface area is 91.5 Å². The minimum absolute atomic E-state index is 0.509. The number of nitrogens with zero attached hydrogens (tertiary/aromatic N) is 3. The third kappa shape index (κ3) is 2.51. The molecule has 2 aromatic heterocycles. The van der Waals surface area contributed by atoms with Gasteiger partial charge in [0, 0.05) is 24.9 Å². The molecule has 2 aromatic rings. The Hall–Kier alpha value is -1.46. The number of methoxy groups -OCH3 is 1. The summed E-state index contributed by atoms with van der Waals surface area (Å²) < 4.78 is 6.98. The van der Waals surface area contributed by atoms with E-state index in [1.54, 1.807) is 24.6 Å². The van der Waals surface area contributed by atoms with Crippen LogP contribution in [-0.2, 0) is 11.5 Å². The van der Waals surface area contributed by atoms with E-state index in [1.165, 1.54) is 0 Å². The molecular weight excluding hydrogens is 210 g/mol. The maximum atomic E-state index is 5.05. The van der Waals surface area contributed by atoms with E-state index >= 15 is 0 Å². The zero-order valence-electron chi connectivity index (χ0n) is 8.33. The fourth-order valence-electron chi connectivity index (χ4n) is 1.14. The summed E-state index contributed by atoms with van der Waals surface area (Å²) in [5.41, 5.74) is 0. The molecule has 2 heterocycles. The Kier molecular flexibility index (Phi) is 3.26. The lowest BCUT2D eigenvalue weighted by molar-refractivity contribution is 0.129. The summed E-state index contributed by atoms with van der Waals surface area (Å²) in [7, 11) is 1.66. The summed E-state index contributed by atoms with van der Waals surface area (Å²) in [5, 5.41) is 1.97. The first-order valence-corrected chi connectivity index (χ1v) is 5.37. The fraction of sp³-hybridized carbons (Fsp3) is 0.200. The van der Waals surface area contributed by atoms with Crippen LogP contribution in [0, 0.1) is 0 Å². The monoisotopic (exact) mass is 221 g/mol. The molecule has 5 heteroatoms. The first-order valence-electron chi connectivity index (χ1n) is 4.49. The Morgan fingerprint density at radius 2 is 2.47 bits per heavy atom. The Morgan fingerprint density at radius 3 is 3.20 bits per heavy atom. The van der Waals surface area contributed by atoms with Crippen molar-refractivity contribution in [2.45, 2.75) is 6.73 Å². The van der Waals surface area contributed by atoms with Crippen LogP contribution in [0.15, 0.2) is 41.0 Å². The van der Waals surface area contributed by atoms with Gasteiger partial charge in [-0.2, -0.15) is 0 Å². The van der Waals surface area contributed by atoms with E-state index in [-0.39, 0.29) is 0 Å². The maximum absolute atomic E-state index is 5.05. The minimum Gasteiger partial charge on any atom is -0.364 e. The van der Waals surface area contributed by atoms with Crippen molar-refractivity contribution in [1.29, 1.82) is 0 Å². The van der Waals surface area contributed by atoms with Gasteiger partial charge in [0.15, 0.2) is 10.6 Å². The van der Waals surface area contributed by atoms with E-state index in [0.717, 1.165) is 4.80 Å². The van der Waals surface area contributed by atoms with Crippen molar-refractivity contribution < 1.29 is 4.74 Å². The van der Waals surface area contributed by atoms with Crippen LogP contribution >= 0.6 is 11.3 Å². The lowest BCUT2D eigenvalue weighted by Crippen LogP contribution is -2.14. The van der Waals surface area contributed by atoms with Gasteiger partial charge < -0.3 is 4.74 Å². The van der Waals surface area contributed by atoms with Gasteiger partial charge in [0.25, 0.3) is 0 Å². The molecular formula is C10H11N3OS. The van der Waals surface area contributed by atoms with Gasteiger partial charge in [-0.15, -0.1) is 11.3 Å². The third-order valence-electron chi connectivity index (χ3n) is 1.79. The van der Waals surface area contributed by atoms with E-state index < -0.39 is 0 Å². The second-order valence-corrected chi connectivity index (χ2v) is 3.75. The van der Waals surface area contributed by atoms with Gasteiger partial charge in [-0.1, -0.05) is 6.07 Å². The van der Waals surface area contributed by atoms with Gasteiger partial charge in [0.1, 0.15) is 6.73 Å². The number of aromatic nitrogens is 2. The van der Waals surface area contributed by atoms with Crippen LogP contribution in [0.1, 0.15) is 0 Å². The van der Waals surface area contributed by atoms with Crippen molar-refractivity contribution in [3.05, 3.63) is 40.8 Å². The quantitative estimate of drug-likeness (QED) is 0.792. The Bertz CT molecular complexity index is 475. The second-order valence-electron chi connectivity index (χ2n) is 2.87. The molecule has 15 heavy (non-hydrogen) atoms. The molecule has 2 rings (SSSR count). The van der Waals surface area contributed by atoms with Gasteiger partial charge in [0.2, 0.25) is 0 Å². The minimum atomic E-state index is 0.509. The van der Waals surface area contributed by atoms with Crippen molar-refractivity contribution in [3.8, 4) is 0 Å². The summed E-state index contributed by atoms with van der Waals surface area (Å²) in [6.07, 6.45) is 3.67. The highest BCUT2D eigenvalue weighted by atomic mass is 32.1. The van der Waals surface area contributed by atoms with Crippen LogP contribution in [0.3, 0.4) is 0 Å². The third-order valence-corrected chi connectivity index (χ3v) is 2.58. The lowest BCUT2D eigenvalue weighted by atomic mass is 10.5. The van der Waals surface area contributed by atoms with E-state index in [9.17, 15) is 0 Å². The normalized spacial score (nSPS) is 11.9. The predicted octanol–water partition coefficient (Wildman–Crippen LogP) is 1.78. The molecule has 0 aliphatic heterocycles. The lowest BCUT2D eigenvalue weighted by Gasteiger charge is -1.98. The molecule has 78 valence electrons. The van der Waals surface area contributed by atoms with Crippen LogP contribution in [0.4, 0.5) is 5.82 Å². The molecule has 0 bridgehead atoms. The highest BCUT2D eigenvalue weighted by Crippen LogP contribution is 2.04. The molecule has 0 aromatic carbocycles.